The van der Waals surface area contributed by atoms with Crippen molar-refractivity contribution in [3.8, 4) is 0 Å². The van der Waals surface area contributed by atoms with Crippen molar-refractivity contribution in [2.24, 2.45) is 0 Å². The van der Waals surface area contributed by atoms with Gasteiger partial charge in [-0.1, -0.05) is 52.8 Å². The largest absolute Gasteiger partial charge is 0.316 e. The topological polar surface area (TPSA) is 50.7 Å². The minimum Gasteiger partial charge on any atom is -0.316 e. The third kappa shape index (κ3) is 3.94. The summed E-state index contributed by atoms with van der Waals surface area (Å²) in [4.78, 5) is 13.9. The number of nitrogens with one attached hydrogen (secondary N) is 1. The molecule has 0 saturated heterocycles. The zero-order valence-corrected chi connectivity index (χ0v) is 16.9. The molecule has 4 nitrogen and oxygen atoms in total. The van der Waals surface area contributed by atoms with Crippen molar-refractivity contribution >= 4 is 44.1 Å². The fourth-order valence-corrected chi connectivity index (χ4v) is 4.16. The Bertz CT molecular complexity index is 1120. The predicted octanol–water partition coefficient (Wildman–Crippen LogP) is 6.00. The first-order chi connectivity index (χ1) is 13.0. The van der Waals surface area contributed by atoms with E-state index in [2.05, 4.69) is 51.5 Å². The second-order valence-electron chi connectivity index (χ2n) is 6.60. The lowest BCUT2D eigenvalue weighted by Crippen LogP contribution is -2.06. The highest BCUT2D eigenvalue weighted by molar-refractivity contribution is 7.22. The summed E-state index contributed by atoms with van der Waals surface area (Å²) in [6.07, 6.45) is 0.769. The highest BCUT2D eigenvalue weighted by Gasteiger charge is 2.14. The Morgan fingerprint density at radius 3 is 2.52 bits per heavy atom. The number of hydrogen-bond acceptors (Lipinski definition) is 5. The third-order valence-electron chi connectivity index (χ3n) is 4.40. The molecule has 4 rings (SSSR count). The lowest BCUT2D eigenvalue weighted by molar-refractivity contribution is 0.965. The van der Waals surface area contributed by atoms with Crippen molar-refractivity contribution < 1.29 is 0 Å². The van der Waals surface area contributed by atoms with Gasteiger partial charge in [0.15, 0.2) is 5.13 Å². The molecule has 1 N–H and O–H groups in total. The molecule has 0 aliphatic heterocycles. The van der Waals surface area contributed by atoms with E-state index in [9.17, 15) is 0 Å². The van der Waals surface area contributed by atoms with Crippen LogP contribution in [-0.4, -0.2) is 15.0 Å². The summed E-state index contributed by atoms with van der Waals surface area (Å²) in [6.45, 7) is 6.03. The lowest BCUT2D eigenvalue weighted by Gasteiger charge is -2.13. The maximum Gasteiger partial charge on any atom is 0.189 e. The van der Waals surface area contributed by atoms with Crippen LogP contribution in [0, 0.1) is 20.8 Å². The first-order valence-corrected chi connectivity index (χ1v) is 9.90. The summed E-state index contributed by atoms with van der Waals surface area (Å²) in [5.41, 5.74) is 5.48. The van der Waals surface area contributed by atoms with E-state index in [1.165, 1.54) is 11.1 Å². The Balaban J connectivity index is 1.71. The van der Waals surface area contributed by atoms with Gasteiger partial charge in [-0.15, -0.1) is 0 Å². The molecule has 6 heteroatoms. The van der Waals surface area contributed by atoms with Crippen molar-refractivity contribution in [2.45, 2.75) is 27.2 Å². The van der Waals surface area contributed by atoms with Crippen molar-refractivity contribution in [2.75, 3.05) is 5.32 Å². The maximum atomic E-state index is 6.09. The van der Waals surface area contributed by atoms with Gasteiger partial charge in [-0.05, 0) is 44.5 Å². The van der Waals surface area contributed by atoms with Crippen LogP contribution in [0.2, 0.25) is 5.02 Å². The Kier molecular flexibility index (Phi) is 4.81. The summed E-state index contributed by atoms with van der Waals surface area (Å²) < 4.78 is 1.05. The van der Waals surface area contributed by atoms with Gasteiger partial charge in [0.25, 0.3) is 0 Å². The van der Waals surface area contributed by atoms with Crippen LogP contribution in [0.5, 0.6) is 0 Å². The molecule has 0 unspecified atom stereocenters. The zero-order valence-electron chi connectivity index (χ0n) is 15.4. The molecule has 0 fully saturated rings. The van der Waals surface area contributed by atoms with Crippen LogP contribution in [0.3, 0.4) is 0 Å². The van der Waals surface area contributed by atoms with Gasteiger partial charge in [-0.3, -0.25) is 0 Å². The van der Waals surface area contributed by atoms with Crippen LogP contribution in [-0.2, 0) is 6.42 Å². The first-order valence-electron chi connectivity index (χ1n) is 8.71. The minimum atomic E-state index is 0.714. The predicted molar refractivity (Wildman–Crippen MR) is 113 cm³/mol. The van der Waals surface area contributed by atoms with E-state index >= 15 is 0 Å². The number of halogens is 1. The standard InChI is InChI=1S/C21H19ClN4S/c1-12-4-6-15(7-5-12)10-17-13(2)23-14(3)24-20(17)26-21-25-18-9-8-16(22)11-19(18)27-21/h4-9,11H,10H2,1-3H3,(H,23,24,25,26). The van der Waals surface area contributed by atoms with Crippen LogP contribution in [0.1, 0.15) is 28.2 Å². The number of benzene rings is 2. The Labute approximate surface area is 167 Å². The molecule has 0 aliphatic carbocycles. The van der Waals surface area contributed by atoms with Gasteiger partial charge >= 0.3 is 0 Å². The Hall–Kier alpha value is -2.50. The average molecular weight is 395 g/mol. The van der Waals surface area contributed by atoms with Gasteiger partial charge in [0, 0.05) is 22.7 Å². The monoisotopic (exact) mass is 394 g/mol. The molecule has 2 heterocycles. The number of aryl methyl sites for hydroxylation is 3. The smallest absolute Gasteiger partial charge is 0.189 e. The molecule has 0 radical (unpaired) electrons. The van der Waals surface area contributed by atoms with Gasteiger partial charge in [0.1, 0.15) is 11.6 Å². The molecule has 4 aromatic rings. The van der Waals surface area contributed by atoms with Gasteiger partial charge in [0.05, 0.1) is 10.2 Å². The molecule has 0 amide bonds. The number of hydrogen-bond donors (Lipinski definition) is 1. The number of fused-ring (bicyclic) bond motifs is 1. The normalized spacial score (nSPS) is 11.1. The SMILES string of the molecule is Cc1ccc(Cc2c(C)nc(C)nc2Nc2nc3ccc(Cl)cc3s2)cc1. The minimum absolute atomic E-state index is 0.714. The second kappa shape index (κ2) is 7.25. The fourth-order valence-electron chi connectivity index (χ4n) is 3.01. The second-order valence-corrected chi connectivity index (χ2v) is 8.07. The number of nitrogens with zero attached hydrogens (tertiary/aromatic N) is 3. The van der Waals surface area contributed by atoms with E-state index in [0.717, 1.165) is 44.7 Å². The van der Waals surface area contributed by atoms with Crippen LogP contribution >= 0.6 is 22.9 Å². The van der Waals surface area contributed by atoms with Crippen LogP contribution in [0.15, 0.2) is 42.5 Å². The quantitative estimate of drug-likeness (QED) is 0.461. The van der Waals surface area contributed by atoms with Crippen LogP contribution < -0.4 is 5.32 Å². The van der Waals surface area contributed by atoms with Gasteiger partial charge < -0.3 is 5.32 Å². The van der Waals surface area contributed by atoms with E-state index in [1.54, 1.807) is 11.3 Å². The molecule has 27 heavy (non-hydrogen) atoms. The van der Waals surface area contributed by atoms with Gasteiger partial charge in [0.2, 0.25) is 0 Å². The molecular formula is C21H19ClN4S. The van der Waals surface area contributed by atoms with E-state index in [1.807, 2.05) is 32.0 Å². The number of aromatic nitrogens is 3. The molecule has 0 bridgehead atoms. The molecule has 2 aromatic heterocycles. The van der Waals surface area contributed by atoms with E-state index in [-0.39, 0.29) is 0 Å². The van der Waals surface area contributed by atoms with Crippen molar-refractivity contribution in [3.63, 3.8) is 0 Å². The van der Waals surface area contributed by atoms with Crippen molar-refractivity contribution in [1.29, 1.82) is 0 Å². The molecule has 0 atom stereocenters. The summed E-state index contributed by atoms with van der Waals surface area (Å²) >= 11 is 7.66. The van der Waals surface area contributed by atoms with E-state index in [0.29, 0.717) is 5.02 Å². The molecular weight excluding hydrogens is 376 g/mol. The Morgan fingerprint density at radius 1 is 0.963 bits per heavy atom. The van der Waals surface area contributed by atoms with Crippen molar-refractivity contribution in [3.05, 3.63) is 75.7 Å². The van der Waals surface area contributed by atoms with Gasteiger partial charge in [-0.2, -0.15) is 0 Å². The molecule has 2 aromatic carbocycles. The van der Waals surface area contributed by atoms with E-state index < -0.39 is 0 Å². The highest BCUT2D eigenvalue weighted by atomic mass is 35.5. The molecule has 0 saturated carbocycles. The van der Waals surface area contributed by atoms with Gasteiger partial charge in [-0.25, -0.2) is 15.0 Å². The van der Waals surface area contributed by atoms with Crippen LogP contribution in [0.25, 0.3) is 10.2 Å². The Morgan fingerprint density at radius 2 is 1.74 bits per heavy atom. The zero-order chi connectivity index (χ0) is 19.0. The molecule has 0 spiro atoms. The van der Waals surface area contributed by atoms with Crippen LogP contribution in [0.4, 0.5) is 10.9 Å². The number of anilines is 2. The summed E-state index contributed by atoms with van der Waals surface area (Å²) in [5.74, 6) is 1.55. The van der Waals surface area contributed by atoms with E-state index in [4.69, 9.17) is 11.6 Å². The summed E-state index contributed by atoms with van der Waals surface area (Å²) in [6, 6.07) is 14.3. The summed E-state index contributed by atoms with van der Waals surface area (Å²) in [7, 11) is 0. The molecule has 0 aliphatic rings. The fraction of sp³-hybridized carbons (Fsp3) is 0.190. The maximum absolute atomic E-state index is 6.09. The first kappa shape index (κ1) is 17.9. The molecule has 136 valence electrons. The summed E-state index contributed by atoms with van der Waals surface area (Å²) in [5, 5.41) is 4.92. The average Bonchev–Trinajstić information content (AvgIpc) is 3.01. The lowest BCUT2D eigenvalue weighted by atomic mass is 10.0. The number of rotatable bonds is 4. The highest BCUT2D eigenvalue weighted by Crippen LogP contribution is 2.31. The van der Waals surface area contributed by atoms with Crippen molar-refractivity contribution in [1.82, 2.24) is 15.0 Å². The number of thiazole rings is 1. The third-order valence-corrected chi connectivity index (χ3v) is 5.57.